The van der Waals surface area contributed by atoms with E-state index in [1.807, 2.05) is 25.1 Å². The van der Waals surface area contributed by atoms with Crippen LogP contribution in [0.5, 0.6) is 0 Å². The maximum Gasteiger partial charge on any atom is 0.192 e. The molecular weight excluding hydrogens is 214 g/mol. The third-order valence-electron chi connectivity index (χ3n) is 3.22. The van der Waals surface area contributed by atoms with Gasteiger partial charge in [-0.05, 0) is 31.0 Å². The van der Waals surface area contributed by atoms with E-state index in [9.17, 15) is 0 Å². The minimum absolute atomic E-state index is 0.130. The van der Waals surface area contributed by atoms with Gasteiger partial charge in [0.2, 0.25) is 0 Å². The van der Waals surface area contributed by atoms with Gasteiger partial charge in [0.05, 0.1) is 11.5 Å². The molecule has 0 spiro atoms. The first-order valence-corrected chi connectivity index (χ1v) is 5.73. The average Bonchev–Trinajstić information content (AvgIpc) is 3.01. The number of nitrogens with zero attached hydrogens (tertiary/aromatic N) is 2. The molecular formula is C13H13N3O. The number of rotatable bonds is 3. The van der Waals surface area contributed by atoms with Gasteiger partial charge in [-0.2, -0.15) is 5.26 Å². The Labute approximate surface area is 99.3 Å². The molecule has 0 aliphatic heterocycles. The third kappa shape index (κ3) is 1.84. The highest BCUT2D eigenvalue weighted by molar-refractivity contribution is 5.77. The zero-order valence-electron chi connectivity index (χ0n) is 9.66. The normalized spacial score (nSPS) is 16.7. The topological polar surface area (TPSA) is 61.9 Å². The number of nitriles is 1. The quantitative estimate of drug-likeness (QED) is 0.875. The summed E-state index contributed by atoms with van der Waals surface area (Å²) < 4.78 is 5.41. The van der Waals surface area contributed by atoms with Crippen LogP contribution in [0.2, 0.25) is 0 Å². The van der Waals surface area contributed by atoms with E-state index >= 15 is 0 Å². The molecule has 17 heavy (non-hydrogen) atoms. The Morgan fingerprint density at radius 1 is 1.53 bits per heavy atom. The fourth-order valence-electron chi connectivity index (χ4n) is 1.90. The Bertz CT molecular complexity index is 605. The SMILES string of the molecule is Cc1nc2cc(NCC3(C#N)CC3)ccc2o1. The van der Waals surface area contributed by atoms with Crippen molar-refractivity contribution in [2.45, 2.75) is 19.8 Å². The number of aromatic nitrogens is 1. The molecule has 86 valence electrons. The summed E-state index contributed by atoms with van der Waals surface area (Å²) in [6.45, 7) is 2.55. The Balaban J connectivity index is 1.79. The molecule has 0 bridgehead atoms. The van der Waals surface area contributed by atoms with Gasteiger partial charge in [-0.1, -0.05) is 0 Å². The van der Waals surface area contributed by atoms with Gasteiger partial charge in [0.25, 0.3) is 0 Å². The fraction of sp³-hybridized carbons (Fsp3) is 0.385. The largest absolute Gasteiger partial charge is 0.441 e. The van der Waals surface area contributed by atoms with Crippen LogP contribution >= 0.6 is 0 Å². The molecule has 1 aliphatic rings. The van der Waals surface area contributed by atoms with E-state index in [-0.39, 0.29) is 5.41 Å². The second-order valence-corrected chi connectivity index (χ2v) is 4.66. The summed E-state index contributed by atoms with van der Waals surface area (Å²) in [6, 6.07) is 8.19. The summed E-state index contributed by atoms with van der Waals surface area (Å²) >= 11 is 0. The van der Waals surface area contributed by atoms with Gasteiger partial charge in [0.1, 0.15) is 5.52 Å². The molecule has 0 saturated heterocycles. The van der Waals surface area contributed by atoms with Crippen LogP contribution in [0.25, 0.3) is 11.1 Å². The number of nitrogens with one attached hydrogen (secondary N) is 1. The van der Waals surface area contributed by atoms with E-state index in [4.69, 9.17) is 9.68 Å². The van der Waals surface area contributed by atoms with Crippen molar-refractivity contribution in [3.63, 3.8) is 0 Å². The predicted octanol–water partition coefficient (Wildman–Crippen LogP) is 2.85. The summed E-state index contributed by atoms with van der Waals surface area (Å²) in [5, 5.41) is 12.3. The second kappa shape index (κ2) is 3.49. The van der Waals surface area contributed by atoms with Crippen molar-refractivity contribution >= 4 is 16.8 Å². The molecule has 1 aliphatic carbocycles. The Kier molecular flexibility index (Phi) is 2.08. The summed E-state index contributed by atoms with van der Waals surface area (Å²) in [4.78, 5) is 4.28. The summed E-state index contributed by atoms with van der Waals surface area (Å²) in [7, 11) is 0. The average molecular weight is 227 g/mol. The highest BCUT2D eigenvalue weighted by Gasteiger charge is 2.42. The van der Waals surface area contributed by atoms with E-state index in [2.05, 4.69) is 16.4 Å². The monoisotopic (exact) mass is 227 g/mol. The molecule has 0 unspecified atom stereocenters. The Hall–Kier alpha value is -2.02. The molecule has 3 rings (SSSR count). The van der Waals surface area contributed by atoms with Gasteiger partial charge < -0.3 is 9.73 Å². The Morgan fingerprint density at radius 2 is 2.35 bits per heavy atom. The number of fused-ring (bicyclic) bond motifs is 1. The zero-order chi connectivity index (χ0) is 11.9. The number of oxazole rings is 1. The lowest BCUT2D eigenvalue weighted by atomic mass is 10.1. The van der Waals surface area contributed by atoms with Gasteiger partial charge in [-0.15, -0.1) is 0 Å². The fourth-order valence-corrected chi connectivity index (χ4v) is 1.90. The van der Waals surface area contributed by atoms with Crippen molar-refractivity contribution < 1.29 is 4.42 Å². The van der Waals surface area contributed by atoms with Crippen molar-refractivity contribution in [3.05, 3.63) is 24.1 Å². The van der Waals surface area contributed by atoms with Crippen molar-refractivity contribution in [2.75, 3.05) is 11.9 Å². The van der Waals surface area contributed by atoms with Gasteiger partial charge in [0.15, 0.2) is 11.5 Å². The first-order valence-electron chi connectivity index (χ1n) is 5.73. The van der Waals surface area contributed by atoms with Crippen LogP contribution in [-0.4, -0.2) is 11.5 Å². The first kappa shape index (κ1) is 10.2. The molecule has 1 aromatic carbocycles. The summed E-state index contributed by atoms with van der Waals surface area (Å²) in [6.07, 6.45) is 2.00. The van der Waals surface area contributed by atoms with Crippen LogP contribution in [0.1, 0.15) is 18.7 Å². The third-order valence-corrected chi connectivity index (χ3v) is 3.22. The minimum atomic E-state index is -0.130. The molecule has 0 amide bonds. The van der Waals surface area contributed by atoms with Crippen LogP contribution in [0.4, 0.5) is 5.69 Å². The minimum Gasteiger partial charge on any atom is -0.441 e. The van der Waals surface area contributed by atoms with Crippen molar-refractivity contribution in [3.8, 4) is 6.07 Å². The van der Waals surface area contributed by atoms with E-state index < -0.39 is 0 Å². The van der Waals surface area contributed by atoms with E-state index in [1.165, 1.54) is 0 Å². The molecule has 2 aromatic rings. The van der Waals surface area contributed by atoms with Crippen molar-refractivity contribution in [1.82, 2.24) is 4.98 Å². The van der Waals surface area contributed by atoms with Crippen LogP contribution in [0, 0.1) is 23.7 Å². The van der Waals surface area contributed by atoms with Gasteiger partial charge in [0, 0.05) is 19.2 Å². The molecule has 1 N–H and O–H groups in total. The van der Waals surface area contributed by atoms with Gasteiger partial charge in [-0.25, -0.2) is 4.98 Å². The molecule has 1 fully saturated rings. The lowest BCUT2D eigenvalue weighted by Crippen LogP contribution is -2.13. The smallest absolute Gasteiger partial charge is 0.192 e. The van der Waals surface area contributed by atoms with Crippen LogP contribution in [0.3, 0.4) is 0 Å². The van der Waals surface area contributed by atoms with E-state index in [1.54, 1.807) is 0 Å². The number of hydrogen-bond acceptors (Lipinski definition) is 4. The second-order valence-electron chi connectivity index (χ2n) is 4.66. The van der Waals surface area contributed by atoms with Crippen LogP contribution in [0.15, 0.2) is 22.6 Å². The van der Waals surface area contributed by atoms with Crippen molar-refractivity contribution in [1.29, 1.82) is 5.26 Å². The summed E-state index contributed by atoms with van der Waals surface area (Å²) in [5.41, 5.74) is 2.52. The number of aryl methyl sites for hydroxylation is 1. The molecule has 4 heteroatoms. The molecule has 1 aromatic heterocycles. The molecule has 4 nitrogen and oxygen atoms in total. The van der Waals surface area contributed by atoms with Gasteiger partial charge in [-0.3, -0.25) is 0 Å². The lowest BCUT2D eigenvalue weighted by molar-refractivity contribution is 0.561. The maximum atomic E-state index is 8.99. The number of benzene rings is 1. The van der Waals surface area contributed by atoms with Crippen LogP contribution in [-0.2, 0) is 0 Å². The predicted molar refractivity (Wildman–Crippen MR) is 64.5 cm³/mol. The van der Waals surface area contributed by atoms with E-state index in [0.29, 0.717) is 12.4 Å². The number of hydrogen-bond donors (Lipinski definition) is 1. The highest BCUT2D eigenvalue weighted by atomic mass is 16.3. The maximum absolute atomic E-state index is 8.99. The van der Waals surface area contributed by atoms with Crippen molar-refractivity contribution in [2.24, 2.45) is 5.41 Å². The standard InChI is InChI=1S/C13H13N3O/c1-9-16-11-6-10(2-3-12(11)17-9)15-8-13(7-14)4-5-13/h2-3,6,15H,4-5,8H2,1H3. The molecule has 0 radical (unpaired) electrons. The molecule has 1 heterocycles. The zero-order valence-corrected chi connectivity index (χ0v) is 9.66. The molecule has 1 saturated carbocycles. The van der Waals surface area contributed by atoms with E-state index in [0.717, 1.165) is 29.6 Å². The highest BCUT2D eigenvalue weighted by Crippen LogP contribution is 2.44. The Morgan fingerprint density at radius 3 is 3.06 bits per heavy atom. The van der Waals surface area contributed by atoms with Crippen LogP contribution < -0.4 is 5.32 Å². The molecule has 0 atom stereocenters. The lowest BCUT2D eigenvalue weighted by Gasteiger charge is -2.08. The first-order chi connectivity index (χ1) is 8.21. The summed E-state index contributed by atoms with van der Waals surface area (Å²) in [5.74, 6) is 0.674. The van der Waals surface area contributed by atoms with Gasteiger partial charge >= 0.3 is 0 Å². The number of anilines is 1.